The average molecular weight is 352 g/mol. The molecule has 0 saturated heterocycles. The summed E-state index contributed by atoms with van der Waals surface area (Å²) in [5.41, 5.74) is 3.24. The molecule has 2 heterocycles. The molecular weight excluding hydrogens is 338 g/mol. The van der Waals surface area contributed by atoms with Crippen molar-refractivity contribution in [3.63, 3.8) is 0 Å². The van der Waals surface area contributed by atoms with Crippen LogP contribution in [0.25, 0.3) is 16.8 Å². The number of rotatable bonds is 1. The van der Waals surface area contributed by atoms with Crippen molar-refractivity contribution in [3.8, 4) is 5.75 Å². The van der Waals surface area contributed by atoms with Crippen LogP contribution in [0.4, 0.5) is 0 Å². The summed E-state index contributed by atoms with van der Waals surface area (Å²) in [6.07, 6.45) is 5.93. The van der Waals surface area contributed by atoms with Gasteiger partial charge in [0.05, 0.1) is 5.69 Å². The highest BCUT2D eigenvalue weighted by Crippen LogP contribution is 2.36. The summed E-state index contributed by atoms with van der Waals surface area (Å²) in [6, 6.07) is 14.5. The van der Waals surface area contributed by atoms with E-state index in [0.717, 1.165) is 26.9 Å². The van der Waals surface area contributed by atoms with Gasteiger partial charge in [-0.25, -0.2) is 0 Å². The molecule has 0 radical (unpaired) electrons. The highest BCUT2D eigenvalue weighted by Gasteiger charge is 2.19. The first-order chi connectivity index (χ1) is 10.7. The fourth-order valence-electron chi connectivity index (χ4n) is 2.70. The van der Waals surface area contributed by atoms with E-state index in [1.165, 1.54) is 10.9 Å². The zero-order chi connectivity index (χ0) is 15.1. The van der Waals surface area contributed by atoms with Gasteiger partial charge in [-0.1, -0.05) is 46.3 Å². The van der Waals surface area contributed by atoms with Crippen LogP contribution >= 0.6 is 15.9 Å². The minimum atomic E-state index is -0.147. The number of ether oxygens (including phenoxy) is 1. The van der Waals surface area contributed by atoms with Gasteiger partial charge in [0.2, 0.25) is 0 Å². The van der Waals surface area contributed by atoms with Gasteiger partial charge >= 0.3 is 0 Å². The number of benzene rings is 2. The number of hydrogen-bond acceptors (Lipinski definition) is 2. The third-order valence-corrected chi connectivity index (χ3v) is 4.79. The lowest BCUT2D eigenvalue weighted by Crippen LogP contribution is -2.10. The van der Waals surface area contributed by atoms with Crippen molar-refractivity contribution in [2.24, 2.45) is 0 Å². The van der Waals surface area contributed by atoms with Gasteiger partial charge in [-0.2, -0.15) is 0 Å². The maximum Gasteiger partial charge on any atom is 0.159 e. The van der Waals surface area contributed by atoms with Gasteiger partial charge in [0.15, 0.2) is 6.10 Å². The van der Waals surface area contributed by atoms with Crippen molar-refractivity contribution in [3.05, 3.63) is 76.0 Å². The molecule has 0 saturated carbocycles. The second-order valence-electron chi connectivity index (χ2n) is 5.49. The minimum Gasteiger partial charge on any atom is -0.479 e. The normalized spacial score (nSPS) is 16.4. The standard InChI is InChI=1S/C19H14BrNO/c1-12-8-14-6-7-18(22-19(14)10-16(12)20)17-9-13-4-2-3-5-15(13)11-21-17/h2-11,18H,1H3. The fraction of sp³-hybridized carbons (Fsp3) is 0.105. The van der Waals surface area contributed by atoms with Crippen LogP contribution in [0.3, 0.4) is 0 Å². The smallest absolute Gasteiger partial charge is 0.159 e. The predicted octanol–water partition coefficient (Wildman–Crippen LogP) is 5.45. The summed E-state index contributed by atoms with van der Waals surface area (Å²) in [6.45, 7) is 2.08. The third kappa shape index (κ3) is 2.32. The molecule has 1 aliphatic heterocycles. The largest absolute Gasteiger partial charge is 0.479 e. The molecule has 0 bridgehead atoms. The molecule has 1 aliphatic rings. The Hall–Kier alpha value is -2.13. The Bertz CT molecular complexity index is 901. The summed E-state index contributed by atoms with van der Waals surface area (Å²) in [7, 11) is 0. The Morgan fingerprint density at radius 1 is 1.09 bits per heavy atom. The first kappa shape index (κ1) is 13.5. The van der Waals surface area contributed by atoms with Crippen LogP contribution in [-0.4, -0.2) is 4.98 Å². The summed E-state index contributed by atoms with van der Waals surface area (Å²) in [5, 5.41) is 2.32. The molecule has 4 rings (SSSR count). The molecule has 1 unspecified atom stereocenters. The molecule has 0 N–H and O–H groups in total. The predicted molar refractivity (Wildman–Crippen MR) is 93.0 cm³/mol. The lowest BCUT2D eigenvalue weighted by Gasteiger charge is -2.22. The Morgan fingerprint density at radius 3 is 2.77 bits per heavy atom. The SMILES string of the molecule is Cc1cc2c(cc1Br)OC(c1cc3ccccc3cn1)C=C2. The van der Waals surface area contributed by atoms with Crippen LogP contribution in [-0.2, 0) is 0 Å². The highest BCUT2D eigenvalue weighted by atomic mass is 79.9. The van der Waals surface area contributed by atoms with E-state index < -0.39 is 0 Å². The van der Waals surface area contributed by atoms with E-state index in [0.29, 0.717) is 0 Å². The average Bonchev–Trinajstić information content (AvgIpc) is 2.55. The van der Waals surface area contributed by atoms with E-state index in [2.05, 4.69) is 64.3 Å². The van der Waals surface area contributed by atoms with Crippen molar-refractivity contribution >= 4 is 32.8 Å². The third-order valence-electron chi connectivity index (χ3n) is 3.94. The van der Waals surface area contributed by atoms with Crippen LogP contribution < -0.4 is 4.74 Å². The molecule has 1 aromatic heterocycles. The molecule has 2 aromatic carbocycles. The molecule has 0 amide bonds. The molecular formula is C19H14BrNO. The van der Waals surface area contributed by atoms with E-state index in [4.69, 9.17) is 4.74 Å². The molecule has 0 fully saturated rings. The molecule has 1 atom stereocenters. The fourth-order valence-corrected chi connectivity index (χ4v) is 3.02. The van der Waals surface area contributed by atoms with Crippen molar-refractivity contribution in [2.75, 3.05) is 0 Å². The Labute approximate surface area is 137 Å². The van der Waals surface area contributed by atoms with E-state index in [1.807, 2.05) is 24.4 Å². The van der Waals surface area contributed by atoms with Gasteiger partial charge in [-0.15, -0.1) is 0 Å². The summed E-state index contributed by atoms with van der Waals surface area (Å²) in [5.74, 6) is 0.889. The molecule has 108 valence electrons. The van der Waals surface area contributed by atoms with Crippen molar-refractivity contribution in [1.29, 1.82) is 0 Å². The van der Waals surface area contributed by atoms with Crippen LogP contribution in [0, 0.1) is 6.92 Å². The van der Waals surface area contributed by atoms with Gasteiger partial charge in [-0.3, -0.25) is 4.98 Å². The maximum atomic E-state index is 6.12. The zero-order valence-corrected chi connectivity index (χ0v) is 13.7. The Morgan fingerprint density at radius 2 is 1.91 bits per heavy atom. The van der Waals surface area contributed by atoms with Crippen molar-refractivity contribution in [2.45, 2.75) is 13.0 Å². The van der Waals surface area contributed by atoms with E-state index in [9.17, 15) is 0 Å². The van der Waals surface area contributed by atoms with Crippen LogP contribution in [0.1, 0.15) is 22.9 Å². The number of aryl methyl sites for hydroxylation is 1. The number of halogens is 1. The number of fused-ring (bicyclic) bond motifs is 2. The Kier molecular flexibility index (Phi) is 3.23. The molecule has 3 heteroatoms. The summed E-state index contributed by atoms with van der Waals surface area (Å²) in [4.78, 5) is 4.56. The first-order valence-electron chi connectivity index (χ1n) is 7.20. The number of hydrogen-bond donors (Lipinski definition) is 0. The number of aromatic nitrogens is 1. The molecule has 2 nitrogen and oxygen atoms in total. The quantitative estimate of drug-likeness (QED) is 0.581. The van der Waals surface area contributed by atoms with Crippen LogP contribution in [0.15, 0.2) is 59.2 Å². The molecule has 0 spiro atoms. The van der Waals surface area contributed by atoms with Crippen LogP contribution in [0.5, 0.6) is 5.75 Å². The second kappa shape index (κ2) is 5.25. The van der Waals surface area contributed by atoms with Gasteiger partial charge in [0, 0.05) is 21.6 Å². The monoisotopic (exact) mass is 351 g/mol. The molecule has 22 heavy (non-hydrogen) atoms. The van der Waals surface area contributed by atoms with E-state index >= 15 is 0 Å². The molecule has 3 aromatic rings. The lowest BCUT2D eigenvalue weighted by molar-refractivity contribution is 0.247. The first-order valence-corrected chi connectivity index (χ1v) is 8.00. The highest BCUT2D eigenvalue weighted by molar-refractivity contribution is 9.10. The second-order valence-corrected chi connectivity index (χ2v) is 6.35. The minimum absolute atomic E-state index is 0.147. The number of pyridine rings is 1. The summed E-state index contributed by atoms with van der Waals surface area (Å²) < 4.78 is 7.19. The lowest BCUT2D eigenvalue weighted by atomic mass is 10.0. The van der Waals surface area contributed by atoms with Crippen molar-refractivity contribution in [1.82, 2.24) is 4.98 Å². The molecule has 0 aliphatic carbocycles. The van der Waals surface area contributed by atoms with Gasteiger partial charge in [0.1, 0.15) is 5.75 Å². The van der Waals surface area contributed by atoms with Gasteiger partial charge in [0.25, 0.3) is 0 Å². The van der Waals surface area contributed by atoms with Gasteiger partial charge < -0.3 is 4.74 Å². The van der Waals surface area contributed by atoms with E-state index in [-0.39, 0.29) is 6.10 Å². The zero-order valence-electron chi connectivity index (χ0n) is 12.1. The maximum absolute atomic E-state index is 6.12. The van der Waals surface area contributed by atoms with Crippen molar-refractivity contribution < 1.29 is 4.74 Å². The summed E-state index contributed by atoms with van der Waals surface area (Å²) >= 11 is 3.56. The van der Waals surface area contributed by atoms with E-state index in [1.54, 1.807) is 0 Å². The van der Waals surface area contributed by atoms with Gasteiger partial charge in [-0.05, 0) is 42.1 Å². The Balaban J connectivity index is 1.73. The topological polar surface area (TPSA) is 22.1 Å². The van der Waals surface area contributed by atoms with Crippen LogP contribution in [0.2, 0.25) is 0 Å². The number of nitrogens with zero attached hydrogens (tertiary/aromatic N) is 1.